The van der Waals surface area contributed by atoms with Crippen molar-refractivity contribution in [3.05, 3.63) is 46.5 Å². The van der Waals surface area contributed by atoms with Crippen LogP contribution in [0.25, 0.3) is 0 Å². The van der Waals surface area contributed by atoms with Crippen LogP contribution in [0.2, 0.25) is 0 Å². The fourth-order valence-corrected chi connectivity index (χ4v) is 3.17. The molecule has 3 rings (SSSR count). The van der Waals surface area contributed by atoms with Gasteiger partial charge in [0, 0.05) is 16.4 Å². The van der Waals surface area contributed by atoms with Crippen LogP contribution in [0.1, 0.15) is 17.0 Å². The number of hydrogen-bond acceptors (Lipinski definition) is 1. The molecule has 2 aliphatic carbocycles. The second kappa shape index (κ2) is 3.45. The Balaban J connectivity index is 1.81. The predicted molar refractivity (Wildman–Crippen MR) is 66.2 cm³/mol. The Labute approximate surface area is 103 Å². The molecule has 0 aromatic heterocycles. The zero-order valence-electron chi connectivity index (χ0n) is 8.74. The molecule has 0 radical (unpaired) electrons. The molecule has 1 aromatic rings. The van der Waals surface area contributed by atoms with Crippen LogP contribution in [0.4, 0.5) is 0 Å². The average Bonchev–Trinajstić information content (AvgIpc) is 2.79. The summed E-state index contributed by atoms with van der Waals surface area (Å²) in [5.41, 5.74) is 2.83. The van der Waals surface area contributed by atoms with Crippen molar-refractivity contribution in [1.29, 1.82) is 0 Å². The van der Waals surface area contributed by atoms with Crippen molar-refractivity contribution in [2.24, 2.45) is 5.92 Å². The van der Waals surface area contributed by atoms with E-state index in [0.717, 1.165) is 10.9 Å². The van der Waals surface area contributed by atoms with Gasteiger partial charge in [0.15, 0.2) is 0 Å². The molecule has 0 aliphatic heterocycles. The molecule has 2 aliphatic rings. The zero-order valence-corrected chi connectivity index (χ0v) is 10.3. The van der Waals surface area contributed by atoms with Gasteiger partial charge in [0.25, 0.3) is 0 Å². The number of rotatable bonds is 2. The van der Waals surface area contributed by atoms with E-state index < -0.39 is 0 Å². The van der Waals surface area contributed by atoms with Crippen molar-refractivity contribution in [2.45, 2.75) is 18.4 Å². The number of carbonyl (C=O) groups is 1. The smallest absolute Gasteiger partial charge is 0.243 e. The highest BCUT2D eigenvalue weighted by molar-refractivity contribution is 9.10. The lowest BCUT2D eigenvalue weighted by molar-refractivity contribution is -0.116. The number of hydrogen-bond donors (Lipinski definition) is 1. The molecule has 1 fully saturated rings. The molecule has 1 N–H and O–H groups in total. The largest absolute Gasteiger partial charge is 0.349 e. The monoisotopic (exact) mass is 277 g/mol. The molecule has 1 amide bonds. The first-order valence-electron chi connectivity index (χ1n) is 5.42. The molecule has 3 unspecified atom stereocenters. The standard InChI is InChI=1S/C13H12BrNO/c1-2-11(16)15-13-10-5-7-3-4-8(14)6-9(7)12(10)13/h2-4,6,10,12-13H,1,5H2,(H,15,16). The van der Waals surface area contributed by atoms with Crippen molar-refractivity contribution >= 4 is 21.8 Å². The van der Waals surface area contributed by atoms with E-state index in [2.05, 4.69) is 46.0 Å². The third kappa shape index (κ3) is 1.42. The second-order valence-electron chi connectivity index (χ2n) is 4.48. The van der Waals surface area contributed by atoms with Crippen molar-refractivity contribution < 1.29 is 4.79 Å². The maximum Gasteiger partial charge on any atom is 0.243 e. The fourth-order valence-electron chi connectivity index (χ4n) is 2.79. The first-order valence-corrected chi connectivity index (χ1v) is 6.21. The van der Waals surface area contributed by atoms with E-state index in [1.165, 1.54) is 17.2 Å². The first kappa shape index (κ1) is 10.1. The number of nitrogens with one attached hydrogen (secondary N) is 1. The molecule has 1 aromatic carbocycles. The van der Waals surface area contributed by atoms with Crippen molar-refractivity contribution in [3.8, 4) is 0 Å². The number of fused-ring (bicyclic) bond motifs is 3. The van der Waals surface area contributed by atoms with Gasteiger partial charge in [-0.2, -0.15) is 0 Å². The molecule has 82 valence electrons. The number of halogens is 1. The maximum atomic E-state index is 11.2. The van der Waals surface area contributed by atoms with Gasteiger partial charge in [-0.15, -0.1) is 0 Å². The minimum absolute atomic E-state index is 0.0593. The molecule has 3 atom stereocenters. The van der Waals surface area contributed by atoms with Crippen molar-refractivity contribution in [3.63, 3.8) is 0 Å². The summed E-state index contributed by atoms with van der Waals surface area (Å²) in [6, 6.07) is 6.77. The van der Waals surface area contributed by atoms with E-state index >= 15 is 0 Å². The highest BCUT2D eigenvalue weighted by Gasteiger charge is 2.56. The Morgan fingerprint density at radius 3 is 3.12 bits per heavy atom. The minimum atomic E-state index is -0.0593. The summed E-state index contributed by atoms with van der Waals surface area (Å²) in [6.07, 6.45) is 2.44. The van der Waals surface area contributed by atoms with Crippen LogP contribution < -0.4 is 5.32 Å². The molecule has 0 heterocycles. The average molecular weight is 278 g/mol. The van der Waals surface area contributed by atoms with Gasteiger partial charge in [0.2, 0.25) is 5.91 Å². The Kier molecular flexibility index (Phi) is 2.18. The Bertz CT molecular complexity index is 483. The van der Waals surface area contributed by atoms with Crippen molar-refractivity contribution in [2.75, 3.05) is 0 Å². The zero-order chi connectivity index (χ0) is 11.3. The lowest BCUT2D eigenvalue weighted by Gasteiger charge is -2.08. The van der Waals surface area contributed by atoms with Crippen LogP contribution in [0.15, 0.2) is 35.3 Å². The van der Waals surface area contributed by atoms with Gasteiger partial charge in [-0.05, 0) is 41.7 Å². The summed E-state index contributed by atoms with van der Waals surface area (Å²) < 4.78 is 1.12. The molecule has 2 nitrogen and oxygen atoms in total. The Hall–Kier alpha value is -1.09. The fraction of sp³-hybridized carbons (Fsp3) is 0.308. The van der Waals surface area contributed by atoms with E-state index in [0.29, 0.717) is 17.9 Å². The third-order valence-electron chi connectivity index (χ3n) is 3.59. The van der Waals surface area contributed by atoms with Gasteiger partial charge in [0.1, 0.15) is 0 Å². The lowest BCUT2D eigenvalue weighted by atomic mass is 10.1. The number of carbonyl (C=O) groups excluding carboxylic acids is 1. The van der Waals surface area contributed by atoms with Gasteiger partial charge < -0.3 is 5.32 Å². The van der Waals surface area contributed by atoms with E-state index in [1.54, 1.807) is 0 Å². The van der Waals surface area contributed by atoms with E-state index in [1.807, 2.05) is 0 Å². The SMILES string of the molecule is C=CC(=O)NC1C2Cc3ccc(Br)cc3C21. The normalized spacial score (nSPS) is 29.2. The van der Waals surface area contributed by atoms with Gasteiger partial charge >= 0.3 is 0 Å². The quantitative estimate of drug-likeness (QED) is 0.827. The number of benzene rings is 1. The summed E-state index contributed by atoms with van der Waals surface area (Å²) in [4.78, 5) is 11.2. The highest BCUT2D eigenvalue weighted by Crippen LogP contribution is 2.56. The molecule has 0 spiro atoms. The van der Waals surface area contributed by atoms with Crippen LogP contribution in [-0.2, 0) is 11.2 Å². The molecule has 16 heavy (non-hydrogen) atoms. The van der Waals surface area contributed by atoms with Crippen molar-refractivity contribution in [1.82, 2.24) is 5.32 Å². The van der Waals surface area contributed by atoms with Gasteiger partial charge in [-0.3, -0.25) is 4.79 Å². The van der Waals surface area contributed by atoms with Gasteiger partial charge in [-0.25, -0.2) is 0 Å². The van der Waals surface area contributed by atoms with E-state index in [4.69, 9.17) is 0 Å². The molecular weight excluding hydrogens is 266 g/mol. The Morgan fingerprint density at radius 2 is 2.38 bits per heavy atom. The maximum absolute atomic E-state index is 11.2. The lowest BCUT2D eigenvalue weighted by Crippen LogP contribution is -2.26. The van der Waals surface area contributed by atoms with E-state index in [-0.39, 0.29) is 5.91 Å². The third-order valence-corrected chi connectivity index (χ3v) is 4.08. The molecule has 3 heteroatoms. The predicted octanol–water partition coefficient (Wildman–Crippen LogP) is 2.39. The van der Waals surface area contributed by atoms with E-state index in [9.17, 15) is 4.79 Å². The van der Waals surface area contributed by atoms with Crippen LogP contribution in [-0.4, -0.2) is 11.9 Å². The van der Waals surface area contributed by atoms with Gasteiger partial charge in [0.05, 0.1) is 0 Å². The topological polar surface area (TPSA) is 29.1 Å². The first-order chi connectivity index (χ1) is 7.70. The molecule has 0 bridgehead atoms. The summed E-state index contributed by atoms with van der Waals surface area (Å²) in [7, 11) is 0. The van der Waals surface area contributed by atoms with Crippen LogP contribution in [0.3, 0.4) is 0 Å². The van der Waals surface area contributed by atoms with Crippen LogP contribution >= 0.6 is 15.9 Å². The van der Waals surface area contributed by atoms with Crippen LogP contribution in [0.5, 0.6) is 0 Å². The molecular formula is C13H12BrNO. The van der Waals surface area contributed by atoms with Gasteiger partial charge in [-0.1, -0.05) is 28.6 Å². The Morgan fingerprint density at radius 1 is 1.56 bits per heavy atom. The summed E-state index contributed by atoms with van der Waals surface area (Å²) in [5, 5.41) is 2.99. The highest BCUT2D eigenvalue weighted by atomic mass is 79.9. The van der Waals surface area contributed by atoms with Crippen LogP contribution in [0, 0.1) is 5.92 Å². The molecule has 0 saturated heterocycles. The molecule has 1 saturated carbocycles. The minimum Gasteiger partial charge on any atom is -0.349 e. The summed E-state index contributed by atoms with van der Waals surface area (Å²) in [5.74, 6) is 1.07. The summed E-state index contributed by atoms with van der Waals surface area (Å²) >= 11 is 3.49. The number of amides is 1. The second-order valence-corrected chi connectivity index (χ2v) is 5.39. The summed E-state index contributed by atoms with van der Waals surface area (Å²) in [6.45, 7) is 3.47.